The Hall–Kier alpha value is -1.56. The van der Waals surface area contributed by atoms with E-state index in [0.29, 0.717) is 17.6 Å². The van der Waals surface area contributed by atoms with Crippen LogP contribution in [0.3, 0.4) is 0 Å². The molecule has 106 valence electrons. The Morgan fingerprint density at radius 1 is 1.37 bits per heavy atom. The van der Waals surface area contributed by atoms with Gasteiger partial charge in [-0.15, -0.1) is 0 Å². The summed E-state index contributed by atoms with van der Waals surface area (Å²) in [7, 11) is 5.64. The molecule has 6 nitrogen and oxygen atoms in total. The van der Waals surface area contributed by atoms with E-state index in [9.17, 15) is 0 Å². The molecule has 0 spiro atoms. The number of methoxy groups -OCH3 is 1. The Kier molecular flexibility index (Phi) is 4.79. The summed E-state index contributed by atoms with van der Waals surface area (Å²) in [6, 6.07) is 0.562. The highest BCUT2D eigenvalue weighted by atomic mass is 16.5. The molecule has 1 aromatic heterocycles. The van der Waals surface area contributed by atoms with Gasteiger partial charge in [0.05, 0.1) is 7.11 Å². The topological polar surface area (TPSA) is 62.3 Å². The number of nitrogens with zero attached hydrogens (tertiary/aromatic N) is 3. The largest absolute Gasteiger partial charge is 0.490 e. The highest BCUT2D eigenvalue weighted by molar-refractivity contribution is 5.63. The summed E-state index contributed by atoms with van der Waals surface area (Å²) in [4.78, 5) is 10.8. The van der Waals surface area contributed by atoms with Crippen LogP contribution in [0, 0.1) is 0 Å². The Labute approximate surface area is 114 Å². The summed E-state index contributed by atoms with van der Waals surface area (Å²) in [6.07, 6.45) is 5.38. The lowest BCUT2D eigenvalue weighted by molar-refractivity contribution is 0.194. The van der Waals surface area contributed by atoms with Crippen LogP contribution in [0.25, 0.3) is 0 Å². The number of piperidine rings is 1. The minimum Gasteiger partial charge on any atom is -0.490 e. The third-order valence-corrected chi connectivity index (χ3v) is 3.67. The first-order valence-electron chi connectivity index (χ1n) is 6.77. The molecule has 0 aliphatic carbocycles. The van der Waals surface area contributed by atoms with Crippen LogP contribution in [0.5, 0.6) is 5.75 Å². The Morgan fingerprint density at radius 2 is 2.16 bits per heavy atom. The average Bonchev–Trinajstić information content (AvgIpc) is 2.45. The van der Waals surface area contributed by atoms with Crippen molar-refractivity contribution in [2.45, 2.75) is 25.3 Å². The molecule has 0 amide bonds. The first kappa shape index (κ1) is 13.9. The zero-order valence-corrected chi connectivity index (χ0v) is 11.9. The van der Waals surface area contributed by atoms with E-state index in [-0.39, 0.29) is 0 Å². The number of hydrogen-bond acceptors (Lipinski definition) is 6. The molecule has 2 heterocycles. The fourth-order valence-electron chi connectivity index (χ4n) is 2.49. The lowest BCUT2D eigenvalue weighted by Crippen LogP contribution is -2.40. The second-order valence-corrected chi connectivity index (χ2v) is 4.87. The van der Waals surface area contributed by atoms with Crippen molar-refractivity contribution in [3.05, 3.63) is 6.33 Å². The normalized spacial score (nSPS) is 20.1. The molecule has 1 aliphatic heterocycles. The Bertz CT molecular complexity index is 412. The maximum atomic E-state index is 5.37. The standard InChI is InChI=1S/C13H23N5O/c1-14-12-11(19-3)13(17-9-16-12)15-8-10-6-4-5-7-18(10)2/h9-10H,4-8H2,1-3H3,(H2,14,15,16,17). The summed E-state index contributed by atoms with van der Waals surface area (Å²) < 4.78 is 5.37. The third-order valence-electron chi connectivity index (χ3n) is 3.67. The molecule has 2 N–H and O–H groups in total. The molecule has 6 heteroatoms. The molecule has 19 heavy (non-hydrogen) atoms. The summed E-state index contributed by atoms with van der Waals surface area (Å²) in [5.41, 5.74) is 0. The Balaban J connectivity index is 2.02. The molecule has 0 saturated carbocycles. The van der Waals surface area contributed by atoms with Gasteiger partial charge >= 0.3 is 0 Å². The molecular weight excluding hydrogens is 242 g/mol. The molecule has 2 rings (SSSR count). The smallest absolute Gasteiger partial charge is 0.204 e. The van der Waals surface area contributed by atoms with Gasteiger partial charge in [-0.05, 0) is 26.4 Å². The van der Waals surface area contributed by atoms with E-state index in [1.165, 1.54) is 25.8 Å². The van der Waals surface area contributed by atoms with E-state index in [1.54, 1.807) is 13.4 Å². The average molecular weight is 265 g/mol. The van der Waals surface area contributed by atoms with Gasteiger partial charge in [0.1, 0.15) is 6.33 Å². The van der Waals surface area contributed by atoms with E-state index < -0.39 is 0 Å². The lowest BCUT2D eigenvalue weighted by atomic mass is 10.0. The minimum atomic E-state index is 0.562. The van der Waals surface area contributed by atoms with Crippen molar-refractivity contribution in [2.24, 2.45) is 0 Å². The molecule has 0 radical (unpaired) electrons. The quantitative estimate of drug-likeness (QED) is 0.839. The van der Waals surface area contributed by atoms with Gasteiger partial charge in [0.2, 0.25) is 5.75 Å². The number of hydrogen-bond donors (Lipinski definition) is 2. The van der Waals surface area contributed by atoms with Crippen molar-refractivity contribution < 1.29 is 4.74 Å². The van der Waals surface area contributed by atoms with Crippen molar-refractivity contribution in [3.63, 3.8) is 0 Å². The first-order chi connectivity index (χ1) is 9.26. The van der Waals surface area contributed by atoms with Crippen molar-refractivity contribution in [1.82, 2.24) is 14.9 Å². The molecule has 1 fully saturated rings. The number of likely N-dealkylation sites (tertiary alicyclic amines) is 1. The molecule has 1 atom stereocenters. The van der Waals surface area contributed by atoms with E-state index >= 15 is 0 Å². The van der Waals surface area contributed by atoms with Crippen molar-refractivity contribution >= 4 is 11.6 Å². The van der Waals surface area contributed by atoms with Crippen molar-refractivity contribution in [2.75, 3.05) is 44.9 Å². The fraction of sp³-hybridized carbons (Fsp3) is 0.692. The van der Waals surface area contributed by atoms with Crippen molar-refractivity contribution in [1.29, 1.82) is 0 Å². The number of likely N-dealkylation sites (N-methyl/N-ethyl adjacent to an activating group) is 1. The zero-order chi connectivity index (χ0) is 13.7. The number of nitrogens with one attached hydrogen (secondary N) is 2. The van der Waals surface area contributed by atoms with Gasteiger partial charge in [0.25, 0.3) is 0 Å². The van der Waals surface area contributed by atoms with Gasteiger partial charge in [0, 0.05) is 19.6 Å². The molecule has 1 aliphatic rings. The van der Waals surface area contributed by atoms with Crippen LogP contribution >= 0.6 is 0 Å². The van der Waals surface area contributed by atoms with Crippen LogP contribution in [-0.2, 0) is 0 Å². The number of aromatic nitrogens is 2. The second kappa shape index (κ2) is 6.56. The van der Waals surface area contributed by atoms with Gasteiger partial charge in [-0.3, -0.25) is 0 Å². The highest BCUT2D eigenvalue weighted by Gasteiger charge is 2.19. The van der Waals surface area contributed by atoms with E-state index in [1.807, 2.05) is 7.05 Å². The van der Waals surface area contributed by atoms with E-state index in [4.69, 9.17) is 4.74 Å². The van der Waals surface area contributed by atoms with Crippen LogP contribution in [0.4, 0.5) is 11.6 Å². The van der Waals surface area contributed by atoms with Gasteiger partial charge in [0.15, 0.2) is 11.6 Å². The van der Waals surface area contributed by atoms with Crippen LogP contribution in [-0.4, -0.2) is 55.2 Å². The van der Waals surface area contributed by atoms with E-state index in [2.05, 4.69) is 32.5 Å². The van der Waals surface area contributed by atoms with Gasteiger partial charge in [-0.1, -0.05) is 6.42 Å². The monoisotopic (exact) mass is 265 g/mol. The summed E-state index contributed by atoms with van der Waals surface area (Å²) in [6.45, 7) is 2.06. The van der Waals surface area contributed by atoms with Crippen molar-refractivity contribution in [3.8, 4) is 5.75 Å². The molecular formula is C13H23N5O. The number of anilines is 2. The molecule has 1 saturated heterocycles. The molecule has 1 unspecified atom stereocenters. The van der Waals surface area contributed by atoms with E-state index in [0.717, 1.165) is 12.4 Å². The van der Waals surface area contributed by atoms with Crippen LogP contribution in [0.2, 0.25) is 0 Å². The maximum Gasteiger partial charge on any atom is 0.204 e. The summed E-state index contributed by atoms with van der Waals surface area (Å²) >= 11 is 0. The molecule has 1 aromatic rings. The van der Waals surface area contributed by atoms with Gasteiger partial charge in [-0.25, -0.2) is 9.97 Å². The highest BCUT2D eigenvalue weighted by Crippen LogP contribution is 2.28. The van der Waals surface area contributed by atoms with Crippen LogP contribution < -0.4 is 15.4 Å². The zero-order valence-electron chi connectivity index (χ0n) is 11.9. The SMILES string of the molecule is CNc1ncnc(NCC2CCCCN2C)c1OC. The van der Waals surface area contributed by atoms with Crippen LogP contribution in [0.15, 0.2) is 6.33 Å². The Morgan fingerprint density at radius 3 is 2.84 bits per heavy atom. The second-order valence-electron chi connectivity index (χ2n) is 4.87. The predicted octanol–water partition coefficient (Wildman–Crippen LogP) is 1.42. The fourth-order valence-corrected chi connectivity index (χ4v) is 2.49. The van der Waals surface area contributed by atoms with Crippen LogP contribution in [0.1, 0.15) is 19.3 Å². The maximum absolute atomic E-state index is 5.37. The number of ether oxygens (including phenoxy) is 1. The predicted molar refractivity (Wildman–Crippen MR) is 76.9 cm³/mol. The first-order valence-corrected chi connectivity index (χ1v) is 6.77. The minimum absolute atomic E-state index is 0.562. The molecule has 0 bridgehead atoms. The molecule has 0 aromatic carbocycles. The summed E-state index contributed by atoms with van der Waals surface area (Å²) in [5.74, 6) is 2.13. The summed E-state index contributed by atoms with van der Waals surface area (Å²) in [5, 5.41) is 6.39. The van der Waals surface area contributed by atoms with Gasteiger partial charge in [-0.2, -0.15) is 0 Å². The van der Waals surface area contributed by atoms with Gasteiger partial charge < -0.3 is 20.3 Å². The number of rotatable bonds is 5. The third kappa shape index (κ3) is 3.26. The lowest BCUT2D eigenvalue weighted by Gasteiger charge is -2.32.